The second-order valence-electron chi connectivity index (χ2n) is 6.49. The van der Waals surface area contributed by atoms with Gasteiger partial charge in [0.2, 0.25) is 0 Å². The van der Waals surface area contributed by atoms with E-state index in [-0.39, 0.29) is 24.7 Å². The monoisotopic (exact) mass is 363 g/mol. The van der Waals surface area contributed by atoms with Gasteiger partial charge in [0.1, 0.15) is 12.4 Å². The topological polar surface area (TPSA) is 83.1 Å². The molecular weight excluding hydrogens is 338 g/mol. The smallest absolute Gasteiger partial charge is 0.338 e. The van der Waals surface area contributed by atoms with Gasteiger partial charge in [-0.25, -0.2) is 4.79 Å². The molecule has 0 saturated carbocycles. The molecule has 0 aromatic heterocycles. The van der Waals surface area contributed by atoms with Crippen LogP contribution in [0.3, 0.4) is 0 Å². The molecule has 2 aliphatic rings. The molecule has 2 fully saturated rings. The number of nitrogens with one attached hydrogen (secondary N) is 1. The van der Waals surface area contributed by atoms with E-state index in [2.05, 4.69) is 5.32 Å². The zero-order valence-electron chi connectivity index (χ0n) is 14.8. The maximum Gasteiger partial charge on any atom is 0.338 e. The molecule has 2 atom stereocenters. The second kappa shape index (κ2) is 9.54. The molecule has 0 radical (unpaired) electrons. The van der Waals surface area contributed by atoms with E-state index in [1.165, 1.54) is 0 Å². The molecule has 2 heterocycles. The third-order valence-electron chi connectivity index (χ3n) is 4.44. The van der Waals surface area contributed by atoms with Crippen LogP contribution in [0.25, 0.3) is 0 Å². The Morgan fingerprint density at radius 3 is 2.38 bits per heavy atom. The van der Waals surface area contributed by atoms with Crippen LogP contribution < -0.4 is 10.1 Å². The summed E-state index contributed by atoms with van der Waals surface area (Å²) in [5, 5.41) is 2.71. The number of carbonyl (C=O) groups excluding carboxylic acids is 2. The first kappa shape index (κ1) is 18.7. The van der Waals surface area contributed by atoms with Gasteiger partial charge in [0.25, 0.3) is 5.91 Å². The Labute approximate surface area is 152 Å². The van der Waals surface area contributed by atoms with Gasteiger partial charge < -0.3 is 24.3 Å². The van der Waals surface area contributed by atoms with E-state index in [4.69, 9.17) is 18.9 Å². The molecule has 7 heteroatoms. The van der Waals surface area contributed by atoms with E-state index in [1.807, 2.05) is 0 Å². The van der Waals surface area contributed by atoms with Gasteiger partial charge in [0.05, 0.1) is 17.8 Å². The summed E-state index contributed by atoms with van der Waals surface area (Å²) in [4.78, 5) is 23.7. The summed E-state index contributed by atoms with van der Waals surface area (Å²) < 4.78 is 21.6. The summed E-state index contributed by atoms with van der Waals surface area (Å²) in [5.74, 6) is -0.195. The van der Waals surface area contributed by atoms with Crippen LogP contribution in [-0.2, 0) is 19.0 Å². The minimum absolute atomic E-state index is 0.0665. The molecule has 2 saturated heterocycles. The fourth-order valence-electron chi connectivity index (χ4n) is 2.95. The predicted octanol–water partition coefficient (Wildman–Crippen LogP) is 1.70. The van der Waals surface area contributed by atoms with Gasteiger partial charge in [-0.15, -0.1) is 0 Å². The number of amides is 1. The normalized spacial score (nSPS) is 22.2. The number of ether oxygens (including phenoxy) is 4. The quantitative estimate of drug-likeness (QED) is 0.708. The lowest BCUT2D eigenvalue weighted by atomic mass is 10.2. The van der Waals surface area contributed by atoms with Crippen molar-refractivity contribution >= 4 is 11.9 Å². The summed E-state index contributed by atoms with van der Waals surface area (Å²) in [5.41, 5.74) is 0.376. The molecule has 3 rings (SSSR count). The van der Waals surface area contributed by atoms with Crippen molar-refractivity contribution in [3.63, 3.8) is 0 Å². The van der Waals surface area contributed by atoms with Gasteiger partial charge in [0, 0.05) is 19.8 Å². The van der Waals surface area contributed by atoms with Crippen molar-refractivity contribution in [2.75, 3.05) is 33.0 Å². The molecular formula is C19H25NO6. The summed E-state index contributed by atoms with van der Waals surface area (Å²) in [7, 11) is 0. The fraction of sp³-hybridized carbons (Fsp3) is 0.579. The van der Waals surface area contributed by atoms with Crippen molar-refractivity contribution < 1.29 is 28.5 Å². The third-order valence-corrected chi connectivity index (χ3v) is 4.44. The Hall–Kier alpha value is -2.12. The maximum atomic E-state index is 12.0. The lowest BCUT2D eigenvalue weighted by Crippen LogP contribution is -2.34. The van der Waals surface area contributed by atoms with Gasteiger partial charge in [-0.2, -0.15) is 0 Å². The molecule has 1 aromatic carbocycles. The number of esters is 1. The van der Waals surface area contributed by atoms with E-state index in [1.54, 1.807) is 24.3 Å². The summed E-state index contributed by atoms with van der Waals surface area (Å²) in [6.45, 7) is 2.19. The van der Waals surface area contributed by atoms with E-state index in [0.29, 0.717) is 24.5 Å². The van der Waals surface area contributed by atoms with Crippen LogP contribution in [0.2, 0.25) is 0 Å². The molecule has 1 aromatic rings. The van der Waals surface area contributed by atoms with Gasteiger partial charge >= 0.3 is 5.97 Å². The minimum atomic E-state index is -0.539. The molecule has 0 bridgehead atoms. The average Bonchev–Trinajstić information content (AvgIpc) is 3.37. The first-order valence-corrected chi connectivity index (χ1v) is 9.10. The predicted molar refractivity (Wildman–Crippen MR) is 93.2 cm³/mol. The molecule has 26 heavy (non-hydrogen) atoms. The highest BCUT2D eigenvalue weighted by Gasteiger charge is 2.18. The maximum absolute atomic E-state index is 12.0. The van der Waals surface area contributed by atoms with Crippen LogP contribution in [0.1, 0.15) is 36.0 Å². The van der Waals surface area contributed by atoms with Crippen LogP contribution in [0, 0.1) is 0 Å². The van der Waals surface area contributed by atoms with E-state index in [9.17, 15) is 9.59 Å². The molecule has 7 nitrogen and oxygen atoms in total. The van der Waals surface area contributed by atoms with E-state index < -0.39 is 5.97 Å². The number of hydrogen-bond acceptors (Lipinski definition) is 6. The Balaban J connectivity index is 1.36. The number of rotatable bonds is 8. The molecule has 0 spiro atoms. The Morgan fingerprint density at radius 1 is 1.04 bits per heavy atom. The van der Waals surface area contributed by atoms with Crippen LogP contribution >= 0.6 is 0 Å². The highest BCUT2D eigenvalue weighted by atomic mass is 16.5. The van der Waals surface area contributed by atoms with Crippen LogP contribution in [0.15, 0.2) is 24.3 Å². The Bertz CT molecular complexity index is 591. The largest absolute Gasteiger partial charge is 0.491 e. The minimum Gasteiger partial charge on any atom is -0.491 e. The second-order valence-corrected chi connectivity index (χ2v) is 6.49. The van der Waals surface area contributed by atoms with Crippen molar-refractivity contribution in [1.29, 1.82) is 0 Å². The highest BCUT2D eigenvalue weighted by molar-refractivity contribution is 5.91. The zero-order chi connectivity index (χ0) is 18.2. The van der Waals surface area contributed by atoms with Crippen LogP contribution in [-0.4, -0.2) is 57.1 Å². The molecule has 0 aliphatic carbocycles. The van der Waals surface area contributed by atoms with Crippen molar-refractivity contribution in [2.24, 2.45) is 0 Å². The molecule has 1 N–H and O–H groups in total. The molecule has 0 unspecified atom stereocenters. The average molecular weight is 363 g/mol. The summed E-state index contributed by atoms with van der Waals surface area (Å²) in [6, 6.07) is 6.67. The fourth-order valence-corrected chi connectivity index (χ4v) is 2.95. The lowest BCUT2D eigenvalue weighted by Gasteiger charge is -2.12. The van der Waals surface area contributed by atoms with Crippen molar-refractivity contribution in [3.8, 4) is 5.75 Å². The SMILES string of the molecule is O=C(COC(=O)c1ccc(OC[C@@H]2CCCO2)cc1)NC[C@H]1CCCO1. The van der Waals surface area contributed by atoms with Gasteiger partial charge in [-0.3, -0.25) is 4.79 Å². The lowest BCUT2D eigenvalue weighted by molar-refractivity contribution is -0.124. The summed E-state index contributed by atoms with van der Waals surface area (Å²) in [6.07, 6.45) is 4.26. The van der Waals surface area contributed by atoms with Crippen LogP contribution in [0.5, 0.6) is 5.75 Å². The van der Waals surface area contributed by atoms with Crippen LogP contribution in [0.4, 0.5) is 0 Å². The van der Waals surface area contributed by atoms with Gasteiger partial charge in [-0.1, -0.05) is 0 Å². The Kier molecular flexibility index (Phi) is 6.85. The highest BCUT2D eigenvalue weighted by Crippen LogP contribution is 2.17. The number of carbonyl (C=O) groups is 2. The molecule has 2 aliphatic heterocycles. The molecule has 142 valence electrons. The van der Waals surface area contributed by atoms with Crippen molar-refractivity contribution in [1.82, 2.24) is 5.32 Å². The summed E-state index contributed by atoms with van der Waals surface area (Å²) >= 11 is 0. The van der Waals surface area contributed by atoms with Crippen molar-refractivity contribution in [2.45, 2.75) is 37.9 Å². The number of benzene rings is 1. The van der Waals surface area contributed by atoms with E-state index in [0.717, 1.165) is 38.9 Å². The zero-order valence-corrected chi connectivity index (χ0v) is 14.8. The standard InChI is InChI=1S/C19H25NO6/c21-18(20-11-16-3-1-9-23-16)13-26-19(22)14-5-7-15(8-6-14)25-12-17-4-2-10-24-17/h5-8,16-17H,1-4,9-13H2,(H,20,21)/t16-,17+/m1/s1. The Morgan fingerprint density at radius 2 is 1.73 bits per heavy atom. The van der Waals surface area contributed by atoms with E-state index >= 15 is 0 Å². The van der Waals surface area contributed by atoms with Gasteiger partial charge in [-0.05, 0) is 49.9 Å². The third kappa shape index (κ3) is 5.71. The van der Waals surface area contributed by atoms with Crippen molar-refractivity contribution in [3.05, 3.63) is 29.8 Å². The first-order chi connectivity index (χ1) is 12.7. The van der Waals surface area contributed by atoms with Gasteiger partial charge in [0.15, 0.2) is 6.61 Å². The first-order valence-electron chi connectivity index (χ1n) is 9.10. The molecule has 1 amide bonds. The number of hydrogen-bond donors (Lipinski definition) is 1.